The number of halogens is 4. The summed E-state index contributed by atoms with van der Waals surface area (Å²) in [5, 5.41) is 0.205. The summed E-state index contributed by atoms with van der Waals surface area (Å²) in [6.07, 6.45) is -4.44. The molecule has 0 radical (unpaired) electrons. The van der Waals surface area contributed by atoms with E-state index in [0.717, 1.165) is 52.5 Å². The summed E-state index contributed by atoms with van der Waals surface area (Å²) in [6, 6.07) is 9.29. The molecule has 27 heavy (non-hydrogen) atoms. The first-order chi connectivity index (χ1) is 12.7. The largest absolute Gasteiger partial charge is 0.416 e. The molecule has 0 spiro atoms. The van der Waals surface area contributed by atoms with Crippen molar-refractivity contribution >= 4 is 27.0 Å². The van der Waals surface area contributed by atoms with Crippen molar-refractivity contribution in [1.29, 1.82) is 0 Å². The fraction of sp³-hybridized carbons (Fsp3) is 0.235. The zero-order chi connectivity index (χ0) is 19.7. The number of hydrogen-bond acceptors (Lipinski definition) is 4. The Morgan fingerprint density at radius 1 is 1.11 bits per heavy atom. The smallest absolute Gasteiger partial charge is 0.260 e. The molecule has 0 aliphatic carbocycles. The van der Waals surface area contributed by atoms with E-state index in [0.29, 0.717) is 5.56 Å². The second-order valence-electron chi connectivity index (χ2n) is 5.68. The zero-order valence-electron chi connectivity index (χ0n) is 13.8. The van der Waals surface area contributed by atoms with E-state index in [1.54, 1.807) is 0 Å². The third-order valence-electron chi connectivity index (χ3n) is 3.79. The van der Waals surface area contributed by atoms with Gasteiger partial charge in [0.05, 0.1) is 23.5 Å². The highest BCUT2D eigenvalue weighted by Gasteiger charge is 2.32. The molecule has 0 unspecified atom stereocenters. The predicted octanol–water partition coefficient (Wildman–Crippen LogP) is 4.14. The Balaban J connectivity index is 1.75. The molecule has 0 N–H and O–H groups in total. The predicted molar refractivity (Wildman–Crippen MR) is 95.3 cm³/mol. The molecule has 2 aromatic carbocycles. The topological polar surface area (TPSA) is 49.7 Å². The molecule has 0 atom stereocenters. The van der Waals surface area contributed by atoms with E-state index >= 15 is 0 Å². The minimum atomic E-state index is -4.44. The molecule has 3 rings (SSSR count). The van der Waals surface area contributed by atoms with Crippen molar-refractivity contribution in [2.75, 3.05) is 13.1 Å². The molecule has 1 heterocycles. The van der Waals surface area contributed by atoms with Crippen molar-refractivity contribution in [1.82, 2.24) is 4.31 Å². The molecule has 4 nitrogen and oxygen atoms in total. The SMILES string of the molecule is O=S(=O)(c1ccc(F)cc1)N1CCN=C1SCc1cccc(C(F)(F)F)c1. The zero-order valence-corrected chi connectivity index (χ0v) is 15.4. The summed E-state index contributed by atoms with van der Waals surface area (Å²) in [5.74, 6) is -0.416. The van der Waals surface area contributed by atoms with Crippen molar-refractivity contribution in [3.05, 3.63) is 65.5 Å². The number of alkyl halides is 3. The van der Waals surface area contributed by atoms with Gasteiger partial charge in [0.2, 0.25) is 0 Å². The normalized spacial score (nSPS) is 15.1. The Morgan fingerprint density at radius 2 is 1.81 bits per heavy atom. The van der Waals surface area contributed by atoms with Gasteiger partial charge in [0.1, 0.15) is 5.82 Å². The summed E-state index contributed by atoms with van der Waals surface area (Å²) < 4.78 is 78.0. The van der Waals surface area contributed by atoms with E-state index in [1.807, 2.05) is 0 Å². The molecular weight excluding hydrogens is 404 g/mol. The van der Waals surface area contributed by atoms with Gasteiger partial charge in [0.15, 0.2) is 5.17 Å². The van der Waals surface area contributed by atoms with E-state index < -0.39 is 27.6 Å². The van der Waals surface area contributed by atoms with Crippen LogP contribution in [0.25, 0.3) is 0 Å². The van der Waals surface area contributed by atoms with Crippen LogP contribution in [-0.2, 0) is 22.0 Å². The van der Waals surface area contributed by atoms with Gasteiger partial charge in [0.25, 0.3) is 10.0 Å². The van der Waals surface area contributed by atoms with Gasteiger partial charge in [-0.25, -0.2) is 17.1 Å². The maximum absolute atomic E-state index is 13.0. The van der Waals surface area contributed by atoms with Crippen LogP contribution in [0.4, 0.5) is 17.6 Å². The first-order valence-electron chi connectivity index (χ1n) is 7.79. The molecule has 0 amide bonds. The highest BCUT2D eigenvalue weighted by Crippen LogP contribution is 2.31. The molecule has 1 aliphatic rings. The molecule has 2 aromatic rings. The van der Waals surface area contributed by atoms with Crippen molar-refractivity contribution < 1.29 is 26.0 Å². The van der Waals surface area contributed by atoms with Crippen molar-refractivity contribution in [3.63, 3.8) is 0 Å². The molecular formula is C17H14F4N2O2S2. The third kappa shape index (κ3) is 4.44. The van der Waals surface area contributed by atoms with E-state index in [-0.39, 0.29) is 28.9 Å². The van der Waals surface area contributed by atoms with Crippen LogP contribution in [0.15, 0.2) is 58.4 Å². The fourth-order valence-corrected chi connectivity index (χ4v) is 5.14. The van der Waals surface area contributed by atoms with Gasteiger partial charge >= 0.3 is 6.18 Å². The van der Waals surface area contributed by atoms with Gasteiger partial charge in [-0.15, -0.1) is 0 Å². The lowest BCUT2D eigenvalue weighted by molar-refractivity contribution is -0.137. The standard InChI is InChI=1S/C17H14F4N2O2S2/c18-14-4-6-15(7-5-14)27(24,25)23-9-8-22-16(23)26-11-12-2-1-3-13(10-12)17(19,20)21/h1-7,10H,8-9,11H2. The second kappa shape index (κ2) is 7.51. The van der Waals surface area contributed by atoms with Gasteiger partial charge < -0.3 is 0 Å². The number of rotatable bonds is 4. The maximum atomic E-state index is 13.0. The Kier molecular flexibility index (Phi) is 5.48. The number of hydrogen-bond donors (Lipinski definition) is 0. The van der Waals surface area contributed by atoms with Crippen molar-refractivity contribution in [3.8, 4) is 0 Å². The number of sulfonamides is 1. The van der Waals surface area contributed by atoms with Gasteiger partial charge in [-0.3, -0.25) is 4.99 Å². The van der Waals surface area contributed by atoms with E-state index in [1.165, 1.54) is 12.1 Å². The lowest BCUT2D eigenvalue weighted by atomic mass is 10.1. The van der Waals surface area contributed by atoms with Crippen LogP contribution in [0.5, 0.6) is 0 Å². The molecule has 1 aliphatic heterocycles. The quantitative estimate of drug-likeness (QED) is 0.702. The van der Waals surface area contributed by atoms with E-state index in [4.69, 9.17) is 0 Å². The summed E-state index contributed by atoms with van der Waals surface area (Å²) in [7, 11) is -3.91. The molecule has 0 bridgehead atoms. The van der Waals surface area contributed by atoms with Gasteiger partial charge in [-0.05, 0) is 35.9 Å². The minimum Gasteiger partial charge on any atom is -0.260 e. The lowest BCUT2D eigenvalue weighted by Gasteiger charge is -2.20. The Morgan fingerprint density at radius 3 is 2.48 bits per heavy atom. The van der Waals surface area contributed by atoms with Gasteiger partial charge in [-0.2, -0.15) is 13.2 Å². The number of benzene rings is 2. The Labute approximate surface area is 158 Å². The number of amidine groups is 1. The van der Waals surface area contributed by atoms with Gasteiger partial charge in [-0.1, -0.05) is 30.0 Å². The van der Waals surface area contributed by atoms with Crippen LogP contribution in [-0.4, -0.2) is 31.0 Å². The Bertz CT molecular complexity index is 958. The molecule has 0 saturated heterocycles. The fourth-order valence-electron chi connectivity index (χ4n) is 2.47. The number of nitrogens with zero attached hydrogens (tertiary/aromatic N) is 2. The lowest BCUT2D eigenvalue weighted by Crippen LogP contribution is -2.32. The summed E-state index contributed by atoms with van der Waals surface area (Å²) in [4.78, 5) is 4.07. The monoisotopic (exact) mass is 418 g/mol. The number of thioether (sulfide) groups is 1. The van der Waals surface area contributed by atoms with E-state index in [2.05, 4.69) is 4.99 Å². The molecule has 10 heteroatoms. The second-order valence-corrected chi connectivity index (χ2v) is 8.49. The average Bonchev–Trinajstić information content (AvgIpc) is 3.09. The van der Waals surface area contributed by atoms with Crippen molar-refractivity contribution in [2.45, 2.75) is 16.8 Å². The maximum Gasteiger partial charge on any atom is 0.416 e. The van der Waals surface area contributed by atoms with Crippen LogP contribution in [0.1, 0.15) is 11.1 Å². The molecule has 0 fully saturated rings. The summed E-state index contributed by atoms with van der Waals surface area (Å²) in [6.45, 7) is 0.385. The van der Waals surface area contributed by atoms with Crippen LogP contribution < -0.4 is 0 Å². The average molecular weight is 418 g/mol. The van der Waals surface area contributed by atoms with Crippen LogP contribution in [0.3, 0.4) is 0 Å². The molecule has 0 aromatic heterocycles. The summed E-state index contributed by atoms with van der Waals surface area (Å²) >= 11 is 1.04. The molecule has 0 saturated carbocycles. The van der Waals surface area contributed by atoms with Crippen molar-refractivity contribution in [2.24, 2.45) is 4.99 Å². The first kappa shape index (κ1) is 19.7. The van der Waals surface area contributed by atoms with E-state index in [9.17, 15) is 26.0 Å². The third-order valence-corrected chi connectivity index (χ3v) is 6.79. The number of aliphatic imine (C=N–C) groups is 1. The van der Waals surface area contributed by atoms with Crippen LogP contribution in [0, 0.1) is 5.82 Å². The van der Waals surface area contributed by atoms with Crippen LogP contribution >= 0.6 is 11.8 Å². The Hall–Kier alpha value is -2.07. The first-order valence-corrected chi connectivity index (χ1v) is 10.2. The van der Waals surface area contributed by atoms with Gasteiger partial charge in [0, 0.05) is 5.75 Å². The highest BCUT2D eigenvalue weighted by molar-refractivity contribution is 8.14. The highest BCUT2D eigenvalue weighted by atomic mass is 32.2. The minimum absolute atomic E-state index is 0.0711. The summed E-state index contributed by atoms with van der Waals surface area (Å²) in [5.41, 5.74) is -0.353. The van der Waals surface area contributed by atoms with Crippen LogP contribution in [0.2, 0.25) is 0 Å². The molecule has 144 valence electrons.